The molecule has 0 bridgehead atoms. The number of nitrogens with zero attached hydrogens (tertiary/aromatic N) is 1. The van der Waals surface area contributed by atoms with Gasteiger partial charge in [-0.2, -0.15) is 0 Å². The Hall–Kier alpha value is -1.63. The minimum absolute atomic E-state index is 0.175. The number of amides is 3. The summed E-state index contributed by atoms with van der Waals surface area (Å²) in [6.07, 6.45) is 2.62. The van der Waals surface area contributed by atoms with Gasteiger partial charge in [0.25, 0.3) is 0 Å². The molecule has 1 unspecified atom stereocenters. The monoisotopic (exact) mass is 271 g/mol. The van der Waals surface area contributed by atoms with E-state index in [1.165, 1.54) is 4.90 Å². The molecule has 1 rings (SSSR count). The van der Waals surface area contributed by atoms with Crippen LogP contribution in [0.5, 0.6) is 0 Å². The van der Waals surface area contributed by atoms with Crippen LogP contribution in [0.4, 0.5) is 4.79 Å². The number of carbonyl (C=O) groups is 3. The first-order chi connectivity index (χ1) is 8.93. The fraction of sp³-hybridized carbons (Fsp3) is 0.750. The van der Waals surface area contributed by atoms with Crippen molar-refractivity contribution in [1.82, 2.24) is 15.5 Å². The highest BCUT2D eigenvalue weighted by Gasteiger charge is 2.27. The van der Waals surface area contributed by atoms with Gasteiger partial charge in [0.2, 0.25) is 5.91 Å². The van der Waals surface area contributed by atoms with Crippen LogP contribution in [0.25, 0.3) is 0 Å². The summed E-state index contributed by atoms with van der Waals surface area (Å²) in [7, 11) is 0. The molecule has 0 aromatic carbocycles. The van der Waals surface area contributed by atoms with E-state index in [1.54, 1.807) is 6.92 Å². The second-order valence-corrected chi connectivity index (χ2v) is 4.78. The van der Waals surface area contributed by atoms with Crippen molar-refractivity contribution in [2.24, 2.45) is 0 Å². The molecule has 3 amide bonds. The summed E-state index contributed by atoms with van der Waals surface area (Å²) >= 11 is 0. The van der Waals surface area contributed by atoms with Crippen LogP contribution < -0.4 is 10.6 Å². The van der Waals surface area contributed by atoms with Crippen molar-refractivity contribution in [2.75, 3.05) is 13.1 Å². The van der Waals surface area contributed by atoms with Crippen molar-refractivity contribution >= 4 is 17.9 Å². The first-order valence-corrected chi connectivity index (χ1v) is 6.51. The number of rotatable bonds is 7. The molecule has 0 aromatic heterocycles. The van der Waals surface area contributed by atoms with E-state index in [4.69, 9.17) is 5.11 Å². The normalized spacial score (nSPS) is 15.9. The van der Waals surface area contributed by atoms with E-state index in [9.17, 15) is 14.4 Å². The minimum Gasteiger partial charge on any atom is -0.480 e. The van der Waals surface area contributed by atoms with Crippen LogP contribution in [0, 0.1) is 0 Å². The van der Waals surface area contributed by atoms with Crippen LogP contribution in [0.1, 0.15) is 33.1 Å². The van der Waals surface area contributed by atoms with Gasteiger partial charge in [-0.1, -0.05) is 6.92 Å². The van der Waals surface area contributed by atoms with Crippen LogP contribution in [0.15, 0.2) is 0 Å². The fourth-order valence-corrected chi connectivity index (χ4v) is 1.70. The maximum absolute atomic E-state index is 11.8. The lowest BCUT2D eigenvalue weighted by Crippen LogP contribution is -2.51. The molecule has 0 heterocycles. The number of carbonyl (C=O) groups excluding carboxylic acids is 2. The zero-order valence-corrected chi connectivity index (χ0v) is 11.3. The van der Waals surface area contributed by atoms with Gasteiger partial charge in [0.15, 0.2) is 0 Å². The van der Waals surface area contributed by atoms with Crippen LogP contribution in [0.2, 0.25) is 0 Å². The first-order valence-electron chi connectivity index (χ1n) is 6.51. The van der Waals surface area contributed by atoms with Crippen molar-refractivity contribution in [3.63, 3.8) is 0 Å². The quantitative estimate of drug-likeness (QED) is 0.612. The third-order valence-electron chi connectivity index (χ3n) is 2.93. The second kappa shape index (κ2) is 7.08. The molecule has 0 spiro atoms. The molecular formula is C12H21N3O4. The number of hydrogen-bond acceptors (Lipinski definition) is 4. The van der Waals surface area contributed by atoms with E-state index in [2.05, 4.69) is 10.6 Å². The van der Waals surface area contributed by atoms with Crippen LogP contribution in [-0.4, -0.2) is 53.1 Å². The van der Waals surface area contributed by atoms with Gasteiger partial charge in [-0.05, 0) is 32.7 Å². The van der Waals surface area contributed by atoms with E-state index in [1.807, 2.05) is 6.92 Å². The zero-order valence-electron chi connectivity index (χ0n) is 11.3. The minimum atomic E-state index is -0.990. The van der Waals surface area contributed by atoms with Gasteiger partial charge in [-0.15, -0.1) is 0 Å². The molecule has 7 nitrogen and oxygen atoms in total. The molecule has 1 atom stereocenters. The fourth-order valence-electron chi connectivity index (χ4n) is 1.70. The lowest BCUT2D eigenvalue weighted by Gasteiger charge is -2.25. The molecule has 1 saturated carbocycles. The Labute approximate surface area is 112 Å². The Kier molecular flexibility index (Phi) is 5.75. The molecule has 108 valence electrons. The van der Waals surface area contributed by atoms with E-state index in [0.29, 0.717) is 6.54 Å². The van der Waals surface area contributed by atoms with E-state index < -0.39 is 23.9 Å². The predicted octanol–water partition coefficient (Wildman–Crippen LogP) is 0.160. The Morgan fingerprint density at radius 2 is 2.00 bits per heavy atom. The summed E-state index contributed by atoms with van der Waals surface area (Å²) in [6, 6.07) is -0.985. The Balaban J connectivity index is 2.46. The Morgan fingerprint density at radius 1 is 1.37 bits per heavy atom. The van der Waals surface area contributed by atoms with Crippen molar-refractivity contribution in [2.45, 2.75) is 45.2 Å². The van der Waals surface area contributed by atoms with Crippen molar-refractivity contribution < 1.29 is 19.5 Å². The predicted molar refractivity (Wildman–Crippen MR) is 68.7 cm³/mol. The SMILES string of the molecule is CCCN(CC(=O)O)C(C)C(=O)NC(=O)NC1CC1. The van der Waals surface area contributed by atoms with Crippen molar-refractivity contribution in [3.8, 4) is 0 Å². The number of nitrogens with one attached hydrogen (secondary N) is 2. The number of urea groups is 1. The van der Waals surface area contributed by atoms with Gasteiger partial charge < -0.3 is 10.4 Å². The third-order valence-corrected chi connectivity index (χ3v) is 2.93. The van der Waals surface area contributed by atoms with Gasteiger partial charge in [0.1, 0.15) is 0 Å². The molecule has 0 aromatic rings. The maximum atomic E-state index is 11.8. The lowest BCUT2D eigenvalue weighted by atomic mass is 10.2. The zero-order chi connectivity index (χ0) is 14.4. The van der Waals surface area contributed by atoms with Gasteiger partial charge in [0, 0.05) is 6.04 Å². The molecule has 19 heavy (non-hydrogen) atoms. The third kappa shape index (κ3) is 5.69. The molecule has 1 aliphatic rings. The standard InChI is InChI=1S/C12H21N3O4/c1-3-6-15(7-10(16)17)8(2)11(18)14-12(19)13-9-4-5-9/h8-9H,3-7H2,1-2H3,(H,16,17)(H2,13,14,18,19). The van der Waals surface area contributed by atoms with Crippen LogP contribution in [0.3, 0.4) is 0 Å². The van der Waals surface area contributed by atoms with Crippen LogP contribution >= 0.6 is 0 Å². The number of hydrogen-bond donors (Lipinski definition) is 3. The molecular weight excluding hydrogens is 250 g/mol. The topological polar surface area (TPSA) is 98.7 Å². The summed E-state index contributed by atoms with van der Waals surface area (Å²) in [6.45, 7) is 3.77. The van der Waals surface area contributed by atoms with Crippen molar-refractivity contribution in [1.29, 1.82) is 0 Å². The average molecular weight is 271 g/mol. The average Bonchev–Trinajstić information content (AvgIpc) is 3.10. The number of carboxylic acid groups (broad SMARTS) is 1. The largest absolute Gasteiger partial charge is 0.480 e. The highest BCUT2D eigenvalue weighted by atomic mass is 16.4. The molecule has 1 aliphatic carbocycles. The summed E-state index contributed by atoms with van der Waals surface area (Å²) in [4.78, 5) is 35.5. The number of carboxylic acids is 1. The number of imide groups is 1. The van der Waals surface area contributed by atoms with E-state index >= 15 is 0 Å². The lowest BCUT2D eigenvalue weighted by molar-refractivity contribution is -0.139. The van der Waals surface area contributed by atoms with Gasteiger partial charge >= 0.3 is 12.0 Å². The van der Waals surface area contributed by atoms with E-state index in [-0.39, 0.29) is 12.6 Å². The highest BCUT2D eigenvalue weighted by molar-refractivity contribution is 5.97. The summed E-state index contributed by atoms with van der Waals surface area (Å²) < 4.78 is 0. The number of aliphatic carboxylic acids is 1. The molecule has 1 fully saturated rings. The van der Waals surface area contributed by atoms with Gasteiger partial charge in [-0.3, -0.25) is 19.8 Å². The highest BCUT2D eigenvalue weighted by Crippen LogP contribution is 2.18. The summed E-state index contributed by atoms with van der Waals surface area (Å²) in [5.41, 5.74) is 0. The Bertz CT molecular complexity index is 355. The smallest absolute Gasteiger partial charge is 0.321 e. The second-order valence-electron chi connectivity index (χ2n) is 4.78. The molecule has 7 heteroatoms. The van der Waals surface area contributed by atoms with Crippen molar-refractivity contribution in [3.05, 3.63) is 0 Å². The first kappa shape index (κ1) is 15.4. The van der Waals surface area contributed by atoms with Crippen LogP contribution in [-0.2, 0) is 9.59 Å². The Morgan fingerprint density at radius 3 is 2.47 bits per heavy atom. The van der Waals surface area contributed by atoms with E-state index in [0.717, 1.165) is 19.3 Å². The summed E-state index contributed by atoms with van der Waals surface area (Å²) in [5, 5.41) is 13.7. The summed E-state index contributed by atoms with van der Waals surface area (Å²) in [5.74, 6) is -1.47. The molecule has 0 aliphatic heterocycles. The van der Waals surface area contributed by atoms with Gasteiger partial charge in [0.05, 0.1) is 12.6 Å². The maximum Gasteiger partial charge on any atom is 0.321 e. The van der Waals surface area contributed by atoms with Gasteiger partial charge in [-0.25, -0.2) is 4.79 Å². The molecule has 0 saturated heterocycles. The molecule has 3 N–H and O–H groups in total. The molecule has 0 radical (unpaired) electrons.